The van der Waals surface area contributed by atoms with E-state index in [0.717, 1.165) is 17.7 Å². The Morgan fingerprint density at radius 3 is 2.27 bits per heavy atom. The van der Waals surface area contributed by atoms with Crippen molar-refractivity contribution >= 4 is 21.6 Å². The lowest BCUT2D eigenvalue weighted by atomic mass is 10.1. The molecular weight excluding hydrogens is 382 g/mol. The molecule has 2 aromatic carbocycles. The molecule has 140 valence electrons. The average molecular weight is 402 g/mol. The molecule has 1 saturated heterocycles. The van der Waals surface area contributed by atoms with Crippen LogP contribution in [0.3, 0.4) is 0 Å². The van der Waals surface area contributed by atoms with Crippen LogP contribution in [0.4, 0.5) is 8.78 Å². The topological polar surface area (TPSA) is 41.8 Å². The number of hydrogen-bond donors (Lipinski definition) is 1. The molecule has 0 aromatic heterocycles. The van der Waals surface area contributed by atoms with Gasteiger partial charge in [0.25, 0.3) is 0 Å². The minimum atomic E-state index is -3.70. The van der Waals surface area contributed by atoms with E-state index in [1.54, 1.807) is 12.1 Å². The summed E-state index contributed by atoms with van der Waals surface area (Å²) in [6, 6.07) is 9.97. The van der Waals surface area contributed by atoms with Crippen molar-refractivity contribution in [1.82, 2.24) is 4.31 Å². The molecule has 0 radical (unpaired) electrons. The van der Waals surface area contributed by atoms with E-state index in [1.807, 2.05) is 6.92 Å². The van der Waals surface area contributed by atoms with Crippen LogP contribution in [0.1, 0.15) is 18.5 Å². The van der Waals surface area contributed by atoms with Crippen molar-refractivity contribution in [1.29, 1.82) is 0 Å². The fourth-order valence-electron chi connectivity index (χ4n) is 3.22. The summed E-state index contributed by atoms with van der Waals surface area (Å²) in [5.74, 6) is -0.919. The van der Waals surface area contributed by atoms with Gasteiger partial charge in [-0.15, -0.1) is 0 Å². The summed E-state index contributed by atoms with van der Waals surface area (Å²) in [6.45, 7) is 4.03. The summed E-state index contributed by atoms with van der Waals surface area (Å²) >= 11 is 5.71. The molecule has 26 heavy (non-hydrogen) atoms. The van der Waals surface area contributed by atoms with Gasteiger partial charge < -0.3 is 4.90 Å². The molecule has 1 atom stereocenters. The van der Waals surface area contributed by atoms with Gasteiger partial charge in [-0.2, -0.15) is 4.31 Å². The van der Waals surface area contributed by atoms with Gasteiger partial charge in [0.1, 0.15) is 17.7 Å². The van der Waals surface area contributed by atoms with Crippen molar-refractivity contribution in [3.8, 4) is 0 Å². The molecular formula is C18H20ClF2N2O2S+. The van der Waals surface area contributed by atoms with Crippen LogP contribution in [0.2, 0.25) is 5.02 Å². The molecule has 0 spiro atoms. The molecule has 1 N–H and O–H groups in total. The molecule has 1 aliphatic rings. The highest BCUT2D eigenvalue weighted by Gasteiger charge is 2.33. The Kier molecular flexibility index (Phi) is 5.62. The van der Waals surface area contributed by atoms with Crippen molar-refractivity contribution in [3.05, 3.63) is 64.7 Å². The maximum atomic E-state index is 13.3. The smallest absolute Gasteiger partial charge is 0.243 e. The van der Waals surface area contributed by atoms with E-state index in [0.29, 0.717) is 26.2 Å². The summed E-state index contributed by atoms with van der Waals surface area (Å²) < 4.78 is 53.2. The molecule has 0 amide bonds. The second-order valence-corrected chi connectivity index (χ2v) is 8.76. The SMILES string of the molecule is C[C@H](c1ccc(F)cc1)[NH+]1CCN(S(=O)(=O)c2ccc(F)c(Cl)c2)CC1. The third kappa shape index (κ3) is 3.91. The molecule has 1 aliphatic heterocycles. The van der Waals surface area contributed by atoms with Crippen molar-refractivity contribution in [2.75, 3.05) is 26.2 Å². The standard InChI is InChI=1S/C18H19ClF2N2O2S/c1-13(14-2-4-15(20)5-3-14)22-8-10-23(11-9-22)26(24,25)16-6-7-18(21)17(19)12-16/h2-7,12-13H,8-11H2,1H3/p+1/t13-/m1/s1. The van der Waals surface area contributed by atoms with E-state index in [9.17, 15) is 17.2 Å². The molecule has 8 heteroatoms. The Labute approximate surface area is 157 Å². The number of piperazine rings is 1. The minimum absolute atomic E-state index is 0.000988. The van der Waals surface area contributed by atoms with Crippen molar-refractivity contribution in [2.45, 2.75) is 17.9 Å². The van der Waals surface area contributed by atoms with Gasteiger partial charge in [-0.3, -0.25) is 0 Å². The molecule has 3 rings (SSSR count). The highest BCUT2D eigenvalue weighted by molar-refractivity contribution is 7.89. The number of benzene rings is 2. The normalized spacial score (nSPS) is 18.0. The lowest BCUT2D eigenvalue weighted by Crippen LogP contribution is -3.14. The number of hydrogen-bond acceptors (Lipinski definition) is 2. The molecule has 0 aliphatic carbocycles. The first-order valence-corrected chi connectivity index (χ1v) is 10.2. The van der Waals surface area contributed by atoms with E-state index in [2.05, 4.69) is 0 Å². The van der Waals surface area contributed by atoms with Crippen LogP contribution in [0, 0.1) is 11.6 Å². The fraction of sp³-hybridized carbons (Fsp3) is 0.333. The summed E-state index contributed by atoms with van der Waals surface area (Å²) in [5.41, 5.74) is 1.02. The Bertz CT molecular complexity index is 883. The Morgan fingerprint density at radius 1 is 1.08 bits per heavy atom. The number of quaternary nitrogens is 1. The van der Waals surface area contributed by atoms with Gasteiger partial charge in [-0.1, -0.05) is 23.7 Å². The second-order valence-electron chi connectivity index (χ2n) is 6.41. The highest BCUT2D eigenvalue weighted by Crippen LogP contribution is 2.22. The third-order valence-electron chi connectivity index (χ3n) is 4.88. The predicted octanol–water partition coefficient (Wildman–Crippen LogP) is 2.27. The highest BCUT2D eigenvalue weighted by atomic mass is 35.5. The maximum absolute atomic E-state index is 13.3. The molecule has 0 unspecified atom stereocenters. The van der Waals surface area contributed by atoms with Gasteiger partial charge in [0.05, 0.1) is 36.1 Å². The first-order valence-electron chi connectivity index (χ1n) is 8.34. The molecule has 0 bridgehead atoms. The van der Waals surface area contributed by atoms with Crippen LogP contribution >= 0.6 is 11.6 Å². The summed E-state index contributed by atoms with van der Waals surface area (Å²) in [5, 5.41) is -0.208. The fourth-order valence-corrected chi connectivity index (χ4v) is 4.93. The number of nitrogens with one attached hydrogen (secondary N) is 1. The zero-order valence-corrected chi connectivity index (χ0v) is 15.8. The Hall–Kier alpha value is -1.54. The molecule has 0 saturated carbocycles. The number of halogens is 3. The molecule has 4 nitrogen and oxygen atoms in total. The van der Waals surface area contributed by atoms with Gasteiger partial charge in [-0.25, -0.2) is 17.2 Å². The molecule has 1 heterocycles. The largest absolute Gasteiger partial charge is 0.327 e. The first-order chi connectivity index (χ1) is 12.3. The number of sulfonamides is 1. The van der Waals surface area contributed by atoms with Gasteiger partial charge in [0, 0.05) is 5.56 Å². The summed E-state index contributed by atoms with van der Waals surface area (Å²) in [7, 11) is -3.70. The van der Waals surface area contributed by atoms with Crippen molar-refractivity contribution in [3.63, 3.8) is 0 Å². The number of nitrogens with zero attached hydrogens (tertiary/aromatic N) is 1. The van der Waals surface area contributed by atoms with E-state index >= 15 is 0 Å². The van der Waals surface area contributed by atoms with E-state index < -0.39 is 15.8 Å². The third-order valence-corrected chi connectivity index (χ3v) is 7.06. The average Bonchev–Trinajstić information content (AvgIpc) is 2.64. The lowest BCUT2D eigenvalue weighted by Gasteiger charge is -2.35. The molecule has 1 fully saturated rings. The zero-order chi connectivity index (χ0) is 18.9. The Morgan fingerprint density at radius 2 is 1.69 bits per heavy atom. The van der Waals surface area contributed by atoms with Crippen LogP contribution in [-0.4, -0.2) is 38.9 Å². The van der Waals surface area contributed by atoms with Crippen LogP contribution in [-0.2, 0) is 10.0 Å². The van der Waals surface area contributed by atoms with Gasteiger partial charge in [0.15, 0.2) is 0 Å². The number of rotatable bonds is 4. The van der Waals surface area contributed by atoms with Crippen LogP contribution < -0.4 is 4.90 Å². The first kappa shape index (κ1) is 19.2. The van der Waals surface area contributed by atoms with Crippen LogP contribution in [0.5, 0.6) is 0 Å². The quantitative estimate of drug-likeness (QED) is 0.854. The van der Waals surface area contributed by atoms with Gasteiger partial charge in [0.2, 0.25) is 10.0 Å². The molecule has 2 aromatic rings. The monoisotopic (exact) mass is 401 g/mol. The predicted molar refractivity (Wildman–Crippen MR) is 95.7 cm³/mol. The Balaban J connectivity index is 1.69. The summed E-state index contributed by atoms with van der Waals surface area (Å²) in [4.78, 5) is 1.24. The van der Waals surface area contributed by atoms with Crippen LogP contribution in [0.25, 0.3) is 0 Å². The zero-order valence-electron chi connectivity index (χ0n) is 14.3. The minimum Gasteiger partial charge on any atom is -0.327 e. The van der Waals surface area contributed by atoms with Crippen LogP contribution in [0.15, 0.2) is 47.4 Å². The van der Waals surface area contributed by atoms with E-state index in [1.165, 1.54) is 27.4 Å². The van der Waals surface area contributed by atoms with E-state index in [4.69, 9.17) is 11.6 Å². The van der Waals surface area contributed by atoms with Crippen molar-refractivity contribution < 1.29 is 22.1 Å². The summed E-state index contributed by atoms with van der Waals surface area (Å²) in [6.07, 6.45) is 0. The maximum Gasteiger partial charge on any atom is 0.243 e. The van der Waals surface area contributed by atoms with Gasteiger partial charge in [-0.05, 0) is 37.3 Å². The van der Waals surface area contributed by atoms with E-state index in [-0.39, 0.29) is 21.8 Å². The second kappa shape index (κ2) is 7.60. The van der Waals surface area contributed by atoms with Crippen molar-refractivity contribution in [2.24, 2.45) is 0 Å². The lowest BCUT2D eigenvalue weighted by molar-refractivity contribution is -0.933. The van der Waals surface area contributed by atoms with Gasteiger partial charge >= 0.3 is 0 Å².